The van der Waals surface area contributed by atoms with Crippen molar-refractivity contribution in [2.45, 2.75) is 56.8 Å². The van der Waals surface area contributed by atoms with Crippen molar-refractivity contribution in [2.24, 2.45) is 13.0 Å². The maximum atomic E-state index is 11.1. The minimum absolute atomic E-state index is 0.118. The third kappa shape index (κ3) is 4.04. The normalized spacial score (nSPS) is 29.2. The van der Waals surface area contributed by atoms with Crippen LogP contribution in [-0.4, -0.2) is 73.9 Å². The average Bonchev–Trinajstić information content (AvgIpc) is 3.00. The molecule has 1 aromatic rings. The Kier molecular flexibility index (Phi) is 5.76. The monoisotopic (exact) mass is 350 g/mol. The number of carboxylic acids is 1. The minimum atomic E-state index is -0.684. The first-order chi connectivity index (χ1) is 12.0. The second-order valence-corrected chi connectivity index (χ2v) is 7.57. The van der Waals surface area contributed by atoms with E-state index in [4.69, 9.17) is 5.11 Å². The van der Waals surface area contributed by atoms with Crippen molar-refractivity contribution in [1.29, 1.82) is 0 Å². The van der Waals surface area contributed by atoms with E-state index in [2.05, 4.69) is 21.8 Å². The van der Waals surface area contributed by atoms with E-state index in [1.165, 1.54) is 0 Å². The SMILES string of the molecule is CN(Cc1nccn1C)[C@@H]1CCC[C@H](N2CCC(C(=O)O)CC2)[C@H]1O. The van der Waals surface area contributed by atoms with Crippen LogP contribution in [0.1, 0.15) is 37.9 Å². The molecule has 7 nitrogen and oxygen atoms in total. The van der Waals surface area contributed by atoms with Gasteiger partial charge in [0.2, 0.25) is 0 Å². The fourth-order valence-electron chi connectivity index (χ4n) is 4.38. The molecule has 0 unspecified atom stereocenters. The van der Waals surface area contributed by atoms with Crippen LogP contribution >= 0.6 is 0 Å². The molecule has 2 heterocycles. The zero-order valence-electron chi connectivity index (χ0n) is 15.2. The Bertz CT molecular complexity index is 583. The molecule has 2 N–H and O–H groups in total. The minimum Gasteiger partial charge on any atom is -0.481 e. The fourth-order valence-corrected chi connectivity index (χ4v) is 4.38. The van der Waals surface area contributed by atoms with Crippen LogP contribution in [0.3, 0.4) is 0 Å². The number of hydrogen-bond donors (Lipinski definition) is 2. The summed E-state index contributed by atoms with van der Waals surface area (Å²) in [4.78, 5) is 20.0. The van der Waals surface area contributed by atoms with Crippen molar-refractivity contribution >= 4 is 5.97 Å². The number of aromatic nitrogens is 2. The lowest BCUT2D eigenvalue weighted by Gasteiger charge is -2.46. The van der Waals surface area contributed by atoms with Gasteiger partial charge >= 0.3 is 5.97 Å². The molecule has 1 aliphatic carbocycles. The van der Waals surface area contributed by atoms with Crippen LogP contribution in [0.25, 0.3) is 0 Å². The molecule has 3 rings (SSSR count). The predicted octanol–water partition coefficient (Wildman–Crippen LogP) is 0.931. The van der Waals surface area contributed by atoms with Crippen molar-refractivity contribution in [3.8, 4) is 0 Å². The summed E-state index contributed by atoms with van der Waals surface area (Å²) in [7, 11) is 4.05. The number of rotatable bonds is 5. The molecule has 1 saturated carbocycles. The largest absolute Gasteiger partial charge is 0.481 e. The molecule has 0 radical (unpaired) electrons. The summed E-state index contributed by atoms with van der Waals surface area (Å²) >= 11 is 0. The zero-order valence-corrected chi connectivity index (χ0v) is 15.2. The highest BCUT2D eigenvalue weighted by Crippen LogP contribution is 2.30. The maximum Gasteiger partial charge on any atom is 0.306 e. The molecule has 0 amide bonds. The number of likely N-dealkylation sites (tertiary alicyclic amines) is 1. The van der Waals surface area contributed by atoms with Crippen molar-refractivity contribution in [1.82, 2.24) is 19.4 Å². The molecule has 3 atom stereocenters. The van der Waals surface area contributed by atoms with Gasteiger partial charge in [-0.2, -0.15) is 0 Å². The van der Waals surface area contributed by atoms with E-state index < -0.39 is 12.1 Å². The van der Waals surface area contributed by atoms with Gasteiger partial charge in [-0.25, -0.2) is 4.98 Å². The van der Waals surface area contributed by atoms with Crippen molar-refractivity contribution in [3.63, 3.8) is 0 Å². The summed E-state index contributed by atoms with van der Waals surface area (Å²) in [5, 5.41) is 20.2. The van der Waals surface area contributed by atoms with Gasteiger partial charge in [-0.1, -0.05) is 6.42 Å². The predicted molar refractivity (Wildman–Crippen MR) is 94.0 cm³/mol. The number of likely N-dealkylation sites (N-methyl/N-ethyl adjacent to an activating group) is 1. The summed E-state index contributed by atoms with van der Waals surface area (Å²) in [5.41, 5.74) is 0. The Morgan fingerprint density at radius 3 is 2.64 bits per heavy atom. The molecule has 1 aromatic heterocycles. The Morgan fingerprint density at radius 2 is 2.04 bits per heavy atom. The fraction of sp³-hybridized carbons (Fsp3) is 0.778. The lowest BCUT2D eigenvalue weighted by molar-refractivity contribution is -0.144. The zero-order chi connectivity index (χ0) is 18.0. The number of aliphatic carboxylic acids is 1. The van der Waals surface area contributed by atoms with Crippen LogP contribution in [0.15, 0.2) is 12.4 Å². The maximum absolute atomic E-state index is 11.1. The highest BCUT2D eigenvalue weighted by atomic mass is 16.4. The first-order valence-electron chi connectivity index (χ1n) is 9.28. The third-order valence-corrected chi connectivity index (χ3v) is 6.01. The molecule has 25 heavy (non-hydrogen) atoms. The number of carbonyl (C=O) groups is 1. The second kappa shape index (κ2) is 7.85. The Hall–Kier alpha value is -1.44. The first kappa shape index (κ1) is 18.4. The van der Waals surface area contributed by atoms with Gasteiger partial charge in [0.1, 0.15) is 5.82 Å². The number of aliphatic hydroxyl groups excluding tert-OH is 1. The molecule has 0 aromatic carbocycles. The molecular weight excluding hydrogens is 320 g/mol. The van der Waals surface area contributed by atoms with Crippen molar-refractivity contribution < 1.29 is 15.0 Å². The number of aliphatic hydroxyl groups is 1. The average molecular weight is 350 g/mol. The quantitative estimate of drug-likeness (QED) is 0.822. The molecule has 1 aliphatic heterocycles. The van der Waals surface area contributed by atoms with Crippen LogP contribution in [0.4, 0.5) is 0 Å². The molecule has 0 spiro atoms. The van der Waals surface area contributed by atoms with Crippen LogP contribution in [0.5, 0.6) is 0 Å². The summed E-state index contributed by atoms with van der Waals surface area (Å²) in [6.07, 6.45) is 7.79. The van der Waals surface area contributed by atoms with Gasteiger partial charge in [-0.15, -0.1) is 0 Å². The molecule has 0 bridgehead atoms. The highest BCUT2D eigenvalue weighted by Gasteiger charge is 2.39. The summed E-state index contributed by atoms with van der Waals surface area (Å²) in [5.74, 6) is 0.0921. The van der Waals surface area contributed by atoms with Crippen LogP contribution < -0.4 is 0 Å². The van der Waals surface area contributed by atoms with Gasteiger partial charge < -0.3 is 14.8 Å². The van der Waals surface area contributed by atoms with E-state index in [1.807, 2.05) is 17.8 Å². The lowest BCUT2D eigenvalue weighted by Crippen LogP contribution is -2.57. The van der Waals surface area contributed by atoms with Gasteiger partial charge in [0, 0.05) is 31.5 Å². The van der Waals surface area contributed by atoms with Crippen LogP contribution in [-0.2, 0) is 18.4 Å². The summed E-state index contributed by atoms with van der Waals surface area (Å²) in [6, 6.07) is 0.255. The lowest BCUT2D eigenvalue weighted by atomic mass is 9.84. The molecule has 140 valence electrons. The molecular formula is C18H30N4O3. The van der Waals surface area contributed by atoms with E-state index >= 15 is 0 Å². The number of aryl methyl sites for hydroxylation is 1. The third-order valence-electron chi connectivity index (χ3n) is 6.01. The smallest absolute Gasteiger partial charge is 0.306 e. The number of hydrogen-bond acceptors (Lipinski definition) is 5. The van der Waals surface area contributed by atoms with E-state index in [1.54, 1.807) is 6.20 Å². The number of imidazole rings is 1. The molecule has 2 aliphatic rings. The number of nitrogens with zero attached hydrogens (tertiary/aromatic N) is 4. The van der Waals surface area contributed by atoms with Gasteiger partial charge in [0.25, 0.3) is 0 Å². The molecule has 7 heteroatoms. The van der Waals surface area contributed by atoms with Crippen molar-refractivity contribution in [3.05, 3.63) is 18.2 Å². The number of carboxylic acid groups (broad SMARTS) is 1. The molecule has 1 saturated heterocycles. The Morgan fingerprint density at radius 1 is 1.32 bits per heavy atom. The van der Waals surface area contributed by atoms with E-state index in [-0.39, 0.29) is 18.0 Å². The standard InChI is InChI=1S/C18H30N4O3/c1-20-11-8-19-16(20)12-21(2)14-4-3-5-15(17(14)23)22-9-6-13(7-10-22)18(24)25/h8,11,13-15,17,23H,3-7,9-10,12H2,1-2H3,(H,24,25)/t14-,15+,17+/m1/s1. The first-order valence-corrected chi connectivity index (χ1v) is 9.28. The second-order valence-electron chi connectivity index (χ2n) is 7.57. The van der Waals surface area contributed by atoms with E-state index in [0.29, 0.717) is 12.8 Å². The Labute approximate surface area is 149 Å². The number of piperidine rings is 1. The van der Waals surface area contributed by atoms with E-state index in [0.717, 1.165) is 44.7 Å². The Balaban J connectivity index is 1.60. The van der Waals surface area contributed by atoms with Gasteiger partial charge in [-0.05, 0) is 45.8 Å². The summed E-state index contributed by atoms with van der Waals surface area (Å²) < 4.78 is 2.01. The van der Waals surface area contributed by atoms with Gasteiger partial charge in [-0.3, -0.25) is 14.6 Å². The van der Waals surface area contributed by atoms with Crippen molar-refractivity contribution in [2.75, 3.05) is 20.1 Å². The van der Waals surface area contributed by atoms with Gasteiger partial charge in [0.05, 0.1) is 18.6 Å². The van der Waals surface area contributed by atoms with E-state index in [9.17, 15) is 9.90 Å². The molecule has 2 fully saturated rings. The topological polar surface area (TPSA) is 81.8 Å². The van der Waals surface area contributed by atoms with Crippen LogP contribution in [0.2, 0.25) is 0 Å². The van der Waals surface area contributed by atoms with Gasteiger partial charge in [0.15, 0.2) is 0 Å². The van der Waals surface area contributed by atoms with Crippen LogP contribution in [0, 0.1) is 5.92 Å². The summed E-state index contributed by atoms with van der Waals surface area (Å²) in [6.45, 7) is 2.27. The highest BCUT2D eigenvalue weighted by molar-refractivity contribution is 5.70.